The summed E-state index contributed by atoms with van der Waals surface area (Å²) in [6.45, 7) is 9.30. The van der Waals surface area contributed by atoms with Crippen LogP contribution in [0.4, 0.5) is 0 Å². The molecule has 1 nitrogen and oxygen atoms in total. The molecule has 2 fully saturated rings. The number of hydrogen-bond acceptors (Lipinski definition) is 1. The average Bonchev–Trinajstić information content (AvgIpc) is 2.75. The van der Waals surface area contributed by atoms with Crippen molar-refractivity contribution < 1.29 is 0 Å². The molecule has 1 aliphatic heterocycles. The van der Waals surface area contributed by atoms with Crippen molar-refractivity contribution in [1.29, 1.82) is 0 Å². The van der Waals surface area contributed by atoms with Crippen LogP contribution in [-0.2, 0) is 5.41 Å². The summed E-state index contributed by atoms with van der Waals surface area (Å²) in [5.74, 6) is 1.56. The highest BCUT2D eigenvalue weighted by atomic mass is 35.5. The van der Waals surface area contributed by atoms with Gasteiger partial charge in [0.1, 0.15) is 0 Å². The molecule has 0 radical (unpaired) electrons. The van der Waals surface area contributed by atoms with Crippen LogP contribution in [0.15, 0.2) is 18.2 Å². The first kappa shape index (κ1) is 12.8. The lowest BCUT2D eigenvalue weighted by Crippen LogP contribution is -2.34. The lowest BCUT2D eigenvalue weighted by atomic mass is 9.93. The number of likely N-dealkylation sites (tertiary alicyclic amines) is 1. The number of benzene rings is 1. The Hall–Kier alpha value is -0.240. The van der Waals surface area contributed by atoms with Crippen LogP contribution in [0.2, 0.25) is 10.0 Å². The number of halogens is 2. The zero-order chi connectivity index (χ0) is 13.1. The molecule has 0 spiro atoms. The molecular weight excluding hydrogens is 265 g/mol. The van der Waals surface area contributed by atoms with Gasteiger partial charge in [-0.1, -0.05) is 36.2 Å². The minimum Gasteiger partial charge on any atom is -0.300 e. The summed E-state index contributed by atoms with van der Waals surface area (Å²) in [5.41, 5.74) is 1.70. The first-order valence-electron chi connectivity index (χ1n) is 6.66. The van der Waals surface area contributed by atoms with Crippen molar-refractivity contribution in [2.75, 3.05) is 13.1 Å². The van der Waals surface area contributed by atoms with Crippen LogP contribution in [0.1, 0.15) is 26.3 Å². The van der Waals surface area contributed by atoms with E-state index in [2.05, 4.69) is 37.8 Å². The molecule has 2 unspecified atom stereocenters. The van der Waals surface area contributed by atoms with E-state index in [9.17, 15) is 0 Å². The Morgan fingerprint density at radius 2 is 2.00 bits per heavy atom. The molecule has 3 atom stereocenters. The highest BCUT2D eigenvalue weighted by Crippen LogP contribution is 2.64. The quantitative estimate of drug-likeness (QED) is 0.786. The van der Waals surface area contributed by atoms with Crippen molar-refractivity contribution in [3.05, 3.63) is 33.8 Å². The third kappa shape index (κ3) is 1.64. The molecule has 1 aromatic carbocycles. The Morgan fingerprint density at radius 3 is 2.61 bits per heavy atom. The number of nitrogens with zero attached hydrogens (tertiary/aromatic N) is 1. The van der Waals surface area contributed by atoms with E-state index in [1.165, 1.54) is 12.1 Å². The minimum absolute atomic E-state index is 0.332. The van der Waals surface area contributed by atoms with Crippen LogP contribution in [0.3, 0.4) is 0 Å². The SMILES string of the molecule is CC(C)N1CC2[C@@H](C)C2(c2ccc(Cl)c(Cl)c2)C1. The second kappa shape index (κ2) is 4.13. The first-order chi connectivity index (χ1) is 8.46. The van der Waals surface area contributed by atoms with Crippen molar-refractivity contribution in [1.82, 2.24) is 4.90 Å². The van der Waals surface area contributed by atoms with Crippen LogP contribution in [0.25, 0.3) is 0 Å². The van der Waals surface area contributed by atoms with Crippen LogP contribution in [-0.4, -0.2) is 24.0 Å². The normalized spacial score (nSPS) is 35.0. The highest BCUT2D eigenvalue weighted by molar-refractivity contribution is 6.42. The molecule has 1 saturated heterocycles. The van der Waals surface area contributed by atoms with Gasteiger partial charge in [0.15, 0.2) is 0 Å². The van der Waals surface area contributed by atoms with Gasteiger partial charge in [0, 0.05) is 24.5 Å². The second-order valence-corrected chi connectivity index (χ2v) is 6.90. The van der Waals surface area contributed by atoms with E-state index in [1.807, 2.05) is 6.07 Å². The molecule has 0 N–H and O–H groups in total. The van der Waals surface area contributed by atoms with Crippen LogP contribution in [0.5, 0.6) is 0 Å². The van der Waals surface area contributed by atoms with Gasteiger partial charge in [0.25, 0.3) is 0 Å². The van der Waals surface area contributed by atoms with Gasteiger partial charge in [-0.25, -0.2) is 0 Å². The van der Waals surface area contributed by atoms with E-state index in [-0.39, 0.29) is 0 Å². The molecule has 1 aliphatic carbocycles. The van der Waals surface area contributed by atoms with Crippen molar-refractivity contribution in [3.8, 4) is 0 Å². The summed E-state index contributed by atoms with van der Waals surface area (Å²) in [5, 5.41) is 1.34. The Bertz CT molecular complexity index is 485. The number of fused-ring (bicyclic) bond motifs is 1. The molecule has 0 aromatic heterocycles. The van der Waals surface area contributed by atoms with Crippen LogP contribution >= 0.6 is 23.2 Å². The molecular formula is C15H19Cl2N. The smallest absolute Gasteiger partial charge is 0.0595 e. The fraction of sp³-hybridized carbons (Fsp3) is 0.600. The van der Waals surface area contributed by atoms with Gasteiger partial charge in [-0.05, 0) is 43.4 Å². The minimum atomic E-state index is 0.332. The van der Waals surface area contributed by atoms with Gasteiger partial charge in [0.2, 0.25) is 0 Å². The largest absolute Gasteiger partial charge is 0.300 e. The van der Waals surface area contributed by atoms with Gasteiger partial charge in [-0.2, -0.15) is 0 Å². The zero-order valence-corrected chi connectivity index (χ0v) is 12.6. The first-order valence-corrected chi connectivity index (χ1v) is 7.42. The Labute approximate surface area is 119 Å². The zero-order valence-electron chi connectivity index (χ0n) is 11.1. The summed E-state index contributed by atoms with van der Waals surface area (Å²) >= 11 is 12.2. The Kier molecular flexibility index (Phi) is 2.93. The summed E-state index contributed by atoms with van der Waals surface area (Å²) in [6, 6.07) is 6.80. The van der Waals surface area contributed by atoms with E-state index in [4.69, 9.17) is 23.2 Å². The van der Waals surface area contributed by atoms with Crippen molar-refractivity contribution in [2.45, 2.75) is 32.2 Å². The van der Waals surface area contributed by atoms with Gasteiger partial charge in [-0.15, -0.1) is 0 Å². The molecule has 2 aliphatic rings. The predicted octanol–water partition coefficient (Wildman–Crippen LogP) is 4.22. The topological polar surface area (TPSA) is 3.24 Å². The number of hydrogen-bond donors (Lipinski definition) is 0. The fourth-order valence-corrected chi connectivity index (χ4v) is 4.01. The molecule has 1 heterocycles. The lowest BCUT2D eigenvalue weighted by molar-refractivity contribution is 0.230. The monoisotopic (exact) mass is 283 g/mol. The summed E-state index contributed by atoms with van der Waals surface area (Å²) < 4.78 is 0. The predicted molar refractivity (Wildman–Crippen MR) is 77.5 cm³/mol. The molecule has 18 heavy (non-hydrogen) atoms. The Balaban J connectivity index is 1.93. The van der Waals surface area contributed by atoms with Crippen LogP contribution < -0.4 is 0 Å². The lowest BCUT2D eigenvalue weighted by Gasteiger charge is -2.26. The van der Waals surface area contributed by atoms with Crippen molar-refractivity contribution in [2.24, 2.45) is 11.8 Å². The third-order valence-electron chi connectivity index (χ3n) is 5.05. The van der Waals surface area contributed by atoms with Crippen molar-refractivity contribution >= 4 is 23.2 Å². The summed E-state index contributed by atoms with van der Waals surface area (Å²) in [4.78, 5) is 2.58. The van der Waals surface area contributed by atoms with Crippen molar-refractivity contribution in [3.63, 3.8) is 0 Å². The van der Waals surface area contributed by atoms with E-state index in [0.717, 1.165) is 18.4 Å². The Morgan fingerprint density at radius 1 is 1.28 bits per heavy atom. The third-order valence-corrected chi connectivity index (χ3v) is 5.79. The molecule has 98 valence electrons. The number of rotatable bonds is 2. The van der Waals surface area contributed by atoms with E-state index < -0.39 is 0 Å². The van der Waals surface area contributed by atoms with E-state index in [0.29, 0.717) is 21.5 Å². The van der Waals surface area contributed by atoms with E-state index >= 15 is 0 Å². The molecule has 1 saturated carbocycles. The van der Waals surface area contributed by atoms with E-state index in [1.54, 1.807) is 0 Å². The molecule has 0 bridgehead atoms. The maximum Gasteiger partial charge on any atom is 0.0595 e. The maximum absolute atomic E-state index is 6.17. The van der Waals surface area contributed by atoms with Gasteiger partial charge in [0.05, 0.1) is 10.0 Å². The molecule has 0 amide bonds. The standard InChI is InChI=1S/C15H19Cl2N/c1-9(2)18-7-12-10(3)15(12,8-18)11-4-5-13(16)14(17)6-11/h4-6,9-10,12H,7-8H2,1-3H3/t10-,12?,15?/m1/s1. The molecule has 3 rings (SSSR count). The summed E-state index contributed by atoms with van der Waals surface area (Å²) in [7, 11) is 0. The fourth-order valence-electron chi connectivity index (χ4n) is 3.71. The maximum atomic E-state index is 6.17. The molecule has 3 heteroatoms. The average molecular weight is 284 g/mol. The summed E-state index contributed by atoms with van der Waals surface area (Å²) in [6.07, 6.45) is 0. The number of piperidine rings is 1. The van der Waals surface area contributed by atoms with Gasteiger partial charge >= 0.3 is 0 Å². The van der Waals surface area contributed by atoms with Crippen LogP contribution in [0, 0.1) is 11.8 Å². The molecule has 1 aromatic rings. The highest BCUT2D eigenvalue weighted by Gasteiger charge is 2.67. The van der Waals surface area contributed by atoms with Gasteiger partial charge in [-0.3, -0.25) is 4.90 Å². The second-order valence-electron chi connectivity index (χ2n) is 6.09. The van der Waals surface area contributed by atoms with Gasteiger partial charge < -0.3 is 0 Å².